The van der Waals surface area contributed by atoms with Gasteiger partial charge in [-0.3, -0.25) is 0 Å². The van der Waals surface area contributed by atoms with E-state index < -0.39 is 0 Å². The predicted molar refractivity (Wildman–Crippen MR) is 193 cm³/mol. The minimum atomic E-state index is 0.444. The highest BCUT2D eigenvalue weighted by atomic mass is 14.4. The first-order chi connectivity index (χ1) is 22.8. The molecule has 0 fully saturated rings. The van der Waals surface area contributed by atoms with E-state index in [1.165, 1.54) is 72.4 Å². The van der Waals surface area contributed by atoms with Crippen LogP contribution in [0.25, 0.3) is 27.9 Å². The minimum Gasteiger partial charge on any atom is -0.0836 e. The molecule has 0 aromatic heterocycles. The molecule has 4 aromatic carbocycles. The first-order valence-corrected chi connectivity index (χ1v) is 17.2. The van der Waals surface area contributed by atoms with Crippen molar-refractivity contribution in [2.24, 2.45) is 0 Å². The molecule has 0 nitrogen and oxygen atoms in total. The van der Waals surface area contributed by atoms with E-state index in [4.69, 9.17) is 0 Å². The van der Waals surface area contributed by atoms with E-state index in [0.29, 0.717) is 11.8 Å². The second kappa shape index (κ2) is 10.3. The van der Waals surface area contributed by atoms with Gasteiger partial charge in [0.15, 0.2) is 0 Å². The molecule has 6 aliphatic rings. The van der Waals surface area contributed by atoms with Gasteiger partial charge in [-0.25, -0.2) is 0 Å². The number of hydrogen-bond acceptors (Lipinski definition) is 0. The van der Waals surface area contributed by atoms with Crippen LogP contribution in [0.4, 0.5) is 0 Å². The van der Waals surface area contributed by atoms with Crippen molar-refractivity contribution in [1.82, 2.24) is 0 Å². The molecule has 0 heterocycles. The van der Waals surface area contributed by atoms with E-state index in [1.54, 1.807) is 16.7 Å². The molecular formula is C46H36. The molecule has 0 radical (unpaired) electrons. The van der Waals surface area contributed by atoms with Gasteiger partial charge in [-0.05, 0) is 134 Å². The Balaban J connectivity index is 0.989. The van der Waals surface area contributed by atoms with E-state index in [9.17, 15) is 0 Å². The summed E-state index contributed by atoms with van der Waals surface area (Å²) in [7, 11) is 0. The Morgan fingerprint density at radius 1 is 0.609 bits per heavy atom. The lowest BCUT2D eigenvalue weighted by atomic mass is 9.68. The van der Waals surface area contributed by atoms with Crippen LogP contribution in [-0.4, -0.2) is 0 Å². The van der Waals surface area contributed by atoms with E-state index in [-0.39, 0.29) is 0 Å². The molecule has 0 spiro atoms. The predicted octanol–water partition coefficient (Wildman–Crippen LogP) is 11.6. The molecule has 0 N–H and O–H groups in total. The van der Waals surface area contributed by atoms with Crippen molar-refractivity contribution in [3.63, 3.8) is 0 Å². The van der Waals surface area contributed by atoms with Crippen molar-refractivity contribution in [1.29, 1.82) is 0 Å². The van der Waals surface area contributed by atoms with Gasteiger partial charge < -0.3 is 0 Å². The molecule has 0 saturated heterocycles. The maximum absolute atomic E-state index is 2.52. The standard InChI is InChI=1S/C46H36/c1-2-8-30(9-3-1)35-23-18-32-21-27-43-36(24-19-33-20-26-42(35)45(32)46(33)43)31-16-14-29(15-17-31)34-22-25-41-39-12-5-4-10-37(39)38-11-6-7-13-40(38)44(41)28-34/h1-4,6-11,13-17,21-27,33,44H,5,12,18-20,28H2. The van der Waals surface area contributed by atoms with Gasteiger partial charge in [0, 0.05) is 5.92 Å². The first-order valence-electron chi connectivity index (χ1n) is 17.2. The summed E-state index contributed by atoms with van der Waals surface area (Å²) in [6.07, 6.45) is 23.6. The molecule has 10 rings (SSSR count). The van der Waals surface area contributed by atoms with Gasteiger partial charge >= 0.3 is 0 Å². The average molecular weight is 589 g/mol. The molecular weight excluding hydrogens is 553 g/mol. The van der Waals surface area contributed by atoms with Crippen LogP contribution in [0, 0.1) is 0 Å². The molecule has 0 bridgehead atoms. The van der Waals surface area contributed by atoms with Gasteiger partial charge in [0.1, 0.15) is 0 Å². The van der Waals surface area contributed by atoms with Gasteiger partial charge in [-0.15, -0.1) is 0 Å². The van der Waals surface area contributed by atoms with Gasteiger partial charge in [0.25, 0.3) is 0 Å². The Kier molecular flexibility index (Phi) is 5.88. The average Bonchev–Trinajstić information content (AvgIpc) is 3.14. The molecule has 6 aliphatic carbocycles. The SMILES string of the molecule is C1=CC2=C(CC1)C1=CC=C(c3ccc(C4=CCC5CC=C6C(c7ccccc7)=CCc7ccc4c5c76)cc3)CC1c1ccccc12. The third-order valence-electron chi connectivity index (χ3n) is 11.4. The molecule has 0 aliphatic heterocycles. The summed E-state index contributed by atoms with van der Waals surface area (Å²) in [5, 5.41) is 0. The van der Waals surface area contributed by atoms with Crippen LogP contribution in [0.15, 0.2) is 145 Å². The van der Waals surface area contributed by atoms with Crippen LogP contribution in [-0.2, 0) is 6.42 Å². The summed E-state index contributed by atoms with van der Waals surface area (Å²) in [6, 6.07) is 34.4. The summed E-state index contributed by atoms with van der Waals surface area (Å²) in [4.78, 5) is 0. The number of rotatable bonds is 3. The van der Waals surface area contributed by atoms with Crippen LogP contribution in [0.5, 0.6) is 0 Å². The van der Waals surface area contributed by atoms with Crippen LogP contribution in [0.3, 0.4) is 0 Å². The fourth-order valence-corrected chi connectivity index (χ4v) is 9.24. The molecule has 0 amide bonds. The Hall–Kier alpha value is -4.94. The van der Waals surface area contributed by atoms with Crippen molar-refractivity contribution in [3.05, 3.63) is 195 Å². The van der Waals surface area contributed by atoms with Crippen LogP contribution < -0.4 is 0 Å². The van der Waals surface area contributed by atoms with E-state index in [2.05, 4.69) is 134 Å². The maximum Gasteiger partial charge on any atom is 0.0139 e. The highest BCUT2D eigenvalue weighted by Crippen LogP contribution is 2.53. The third-order valence-corrected chi connectivity index (χ3v) is 11.4. The molecule has 0 heteroatoms. The van der Waals surface area contributed by atoms with E-state index >= 15 is 0 Å². The van der Waals surface area contributed by atoms with Crippen molar-refractivity contribution in [2.75, 3.05) is 0 Å². The van der Waals surface area contributed by atoms with Gasteiger partial charge in [0.2, 0.25) is 0 Å². The number of benzene rings is 4. The smallest absolute Gasteiger partial charge is 0.0139 e. The van der Waals surface area contributed by atoms with Gasteiger partial charge in [-0.1, -0.05) is 134 Å². The lowest BCUT2D eigenvalue weighted by Gasteiger charge is -2.36. The Morgan fingerprint density at radius 3 is 2.28 bits per heavy atom. The second-order valence-electron chi connectivity index (χ2n) is 13.7. The lowest BCUT2D eigenvalue weighted by molar-refractivity contribution is 0.691. The number of fused-ring (bicyclic) bond motifs is 5. The Bertz CT molecular complexity index is 2170. The van der Waals surface area contributed by atoms with Crippen LogP contribution >= 0.6 is 0 Å². The summed E-state index contributed by atoms with van der Waals surface area (Å²) >= 11 is 0. The lowest BCUT2D eigenvalue weighted by Crippen LogP contribution is -2.18. The molecule has 0 saturated carbocycles. The van der Waals surface area contributed by atoms with Crippen LogP contribution in [0.1, 0.15) is 94.0 Å². The molecule has 46 heavy (non-hydrogen) atoms. The molecule has 2 atom stereocenters. The van der Waals surface area contributed by atoms with Crippen molar-refractivity contribution in [2.45, 2.75) is 50.4 Å². The van der Waals surface area contributed by atoms with E-state index in [0.717, 1.165) is 38.5 Å². The summed E-state index contributed by atoms with van der Waals surface area (Å²) < 4.78 is 0. The monoisotopic (exact) mass is 588 g/mol. The fraction of sp³-hybridized carbons (Fsp3) is 0.174. The molecule has 2 unspecified atom stereocenters. The van der Waals surface area contributed by atoms with Gasteiger partial charge in [0.05, 0.1) is 0 Å². The fourth-order valence-electron chi connectivity index (χ4n) is 9.24. The quantitative estimate of drug-likeness (QED) is 0.223. The summed E-state index contributed by atoms with van der Waals surface area (Å²) in [5.74, 6) is 1.02. The Morgan fingerprint density at radius 2 is 1.39 bits per heavy atom. The minimum absolute atomic E-state index is 0.444. The van der Waals surface area contributed by atoms with Crippen molar-refractivity contribution < 1.29 is 0 Å². The normalized spacial score (nSPS) is 21.9. The van der Waals surface area contributed by atoms with Crippen molar-refractivity contribution >= 4 is 27.9 Å². The topological polar surface area (TPSA) is 0 Å². The van der Waals surface area contributed by atoms with Crippen molar-refractivity contribution in [3.8, 4) is 0 Å². The largest absolute Gasteiger partial charge is 0.0836 e. The highest BCUT2D eigenvalue weighted by molar-refractivity contribution is 6.09. The maximum atomic E-state index is 2.52. The number of hydrogen-bond donors (Lipinski definition) is 0. The van der Waals surface area contributed by atoms with Crippen LogP contribution in [0.2, 0.25) is 0 Å². The highest BCUT2D eigenvalue weighted by Gasteiger charge is 2.34. The third kappa shape index (κ3) is 3.93. The summed E-state index contributed by atoms with van der Waals surface area (Å²) in [5.41, 5.74) is 23.3. The number of allylic oxidation sites excluding steroid dienone is 13. The molecule has 4 aromatic rings. The van der Waals surface area contributed by atoms with E-state index in [1.807, 2.05) is 0 Å². The first kappa shape index (κ1) is 26.3. The second-order valence-corrected chi connectivity index (χ2v) is 13.7. The summed E-state index contributed by atoms with van der Waals surface area (Å²) in [6.45, 7) is 0. The zero-order chi connectivity index (χ0) is 30.2. The molecule has 220 valence electrons. The Labute approximate surface area is 272 Å². The zero-order valence-electron chi connectivity index (χ0n) is 26.1. The zero-order valence-corrected chi connectivity index (χ0v) is 26.1. The van der Waals surface area contributed by atoms with Gasteiger partial charge in [-0.2, -0.15) is 0 Å².